The predicted octanol–water partition coefficient (Wildman–Crippen LogP) is 2.91. The summed E-state index contributed by atoms with van der Waals surface area (Å²) in [4.78, 5) is 24.9. The van der Waals surface area contributed by atoms with E-state index in [0.29, 0.717) is 6.54 Å². The zero-order chi connectivity index (χ0) is 14.4. The highest BCUT2D eigenvalue weighted by atomic mass is 16.4. The second kappa shape index (κ2) is 7.51. The van der Waals surface area contributed by atoms with Gasteiger partial charge < -0.3 is 10.0 Å². The quantitative estimate of drug-likeness (QED) is 0.806. The summed E-state index contributed by atoms with van der Waals surface area (Å²) in [5, 5.41) is 8.76. The Bertz CT molecular complexity index is 307. The van der Waals surface area contributed by atoms with Gasteiger partial charge in [-0.2, -0.15) is 0 Å². The summed E-state index contributed by atoms with van der Waals surface area (Å²) in [6, 6.07) is 0.0794. The van der Waals surface area contributed by atoms with Crippen molar-refractivity contribution in [2.45, 2.75) is 65.3 Å². The second-order valence-electron chi connectivity index (χ2n) is 5.90. The summed E-state index contributed by atoms with van der Waals surface area (Å²) in [7, 11) is 0. The van der Waals surface area contributed by atoms with Gasteiger partial charge in [-0.1, -0.05) is 13.3 Å². The van der Waals surface area contributed by atoms with Gasteiger partial charge in [0, 0.05) is 18.5 Å². The topological polar surface area (TPSA) is 57.6 Å². The molecule has 1 aliphatic rings. The first-order valence-corrected chi connectivity index (χ1v) is 7.48. The Morgan fingerprint density at radius 1 is 1.21 bits per heavy atom. The molecule has 0 heterocycles. The van der Waals surface area contributed by atoms with Gasteiger partial charge in [0.1, 0.15) is 0 Å². The lowest BCUT2D eigenvalue weighted by molar-refractivity contribution is -0.141. The SMILES string of the molecule is CCC1CCC(C(=O)N(CCC(=O)O)C(C)C)CC1. The lowest BCUT2D eigenvalue weighted by Crippen LogP contribution is -2.43. The molecule has 0 atom stereocenters. The van der Waals surface area contributed by atoms with Gasteiger partial charge in [-0.15, -0.1) is 0 Å². The number of carbonyl (C=O) groups is 2. The molecule has 0 aliphatic heterocycles. The molecule has 0 spiro atoms. The van der Waals surface area contributed by atoms with E-state index in [9.17, 15) is 9.59 Å². The lowest BCUT2D eigenvalue weighted by Gasteiger charge is -2.33. The van der Waals surface area contributed by atoms with Crippen LogP contribution in [0.5, 0.6) is 0 Å². The monoisotopic (exact) mass is 269 g/mol. The smallest absolute Gasteiger partial charge is 0.305 e. The molecule has 1 fully saturated rings. The van der Waals surface area contributed by atoms with Crippen molar-refractivity contribution in [2.75, 3.05) is 6.54 Å². The number of amides is 1. The number of nitrogens with zero attached hydrogens (tertiary/aromatic N) is 1. The van der Waals surface area contributed by atoms with Crippen LogP contribution < -0.4 is 0 Å². The highest BCUT2D eigenvalue weighted by Gasteiger charge is 2.30. The van der Waals surface area contributed by atoms with Crippen molar-refractivity contribution in [3.63, 3.8) is 0 Å². The van der Waals surface area contributed by atoms with E-state index >= 15 is 0 Å². The molecule has 0 radical (unpaired) electrons. The zero-order valence-corrected chi connectivity index (χ0v) is 12.4. The molecule has 0 aromatic carbocycles. The van der Waals surface area contributed by atoms with Gasteiger partial charge in [0.05, 0.1) is 6.42 Å². The van der Waals surface area contributed by atoms with Crippen LogP contribution >= 0.6 is 0 Å². The average molecular weight is 269 g/mol. The Labute approximate surface area is 116 Å². The van der Waals surface area contributed by atoms with Crippen molar-refractivity contribution in [3.8, 4) is 0 Å². The van der Waals surface area contributed by atoms with Crippen molar-refractivity contribution in [1.82, 2.24) is 4.90 Å². The lowest BCUT2D eigenvalue weighted by atomic mass is 9.80. The fourth-order valence-electron chi connectivity index (χ4n) is 2.89. The molecular weight excluding hydrogens is 242 g/mol. The first kappa shape index (κ1) is 16.0. The van der Waals surface area contributed by atoms with E-state index in [-0.39, 0.29) is 24.3 Å². The van der Waals surface area contributed by atoms with E-state index < -0.39 is 5.97 Å². The molecule has 110 valence electrons. The highest BCUT2D eigenvalue weighted by molar-refractivity contribution is 5.79. The Balaban J connectivity index is 2.54. The number of carboxylic acid groups (broad SMARTS) is 1. The third kappa shape index (κ3) is 4.84. The molecule has 0 aromatic heterocycles. The van der Waals surface area contributed by atoms with Crippen LogP contribution in [0.25, 0.3) is 0 Å². The fraction of sp³-hybridized carbons (Fsp3) is 0.867. The maximum Gasteiger partial charge on any atom is 0.305 e. The molecule has 1 saturated carbocycles. The van der Waals surface area contributed by atoms with E-state index in [2.05, 4.69) is 6.92 Å². The number of carboxylic acids is 1. The molecular formula is C15H27NO3. The van der Waals surface area contributed by atoms with Gasteiger partial charge in [0.15, 0.2) is 0 Å². The molecule has 1 aliphatic carbocycles. The minimum Gasteiger partial charge on any atom is -0.481 e. The van der Waals surface area contributed by atoms with Crippen LogP contribution in [-0.4, -0.2) is 34.5 Å². The minimum atomic E-state index is -0.840. The number of carbonyl (C=O) groups excluding carboxylic acids is 1. The Hall–Kier alpha value is -1.06. The molecule has 0 aromatic rings. The predicted molar refractivity (Wildman–Crippen MR) is 74.8 cm³/mol. The number of hydrogen-bond donors (Lipinski definition) is 1. The first-order valence-electron chi connectivity index (χ1n) is 7.48. The van der Waals surface area contributed by atoms with Crippen molar-refractivity contribution in [3.05, 3.63) is 0 Å². The van der Waals surface area contributed by atoms with Crippen molar-refractivity contribution < 1.29 is 14.7 Å². The summed E-state index contributed by atoms with van der Waals surface area (Å²) < 4.78 is 0. The maximum atomic E-state index is 12.5. The molecule has 1 N–H and O–H groups in total. The van der Waals surface area contributed by atoms with E-state index in [1.54, 1.807) is 4.90 Å². The molecule has 0 unspecified atom stereocenters. The van der Waals surface area contributed by atoms with Gasteiger partial charge in [0.25, 0.3) is 0 Å². The van der Waals surface area contributed by atoms with E-state index in [1.165, 1.54) is 6.42 Å². The summed E-state index contributed by atoms with van der Waals surface area (Å²) in [6.07, 6.45) is 5.44. The summed E-state index contributed by atoms with van der Waals surface area (Å²) in [5.74, 6) is 0.202. The van der Waals surface area contributed by atoms with Gasteiger partial charge in [-0.25, -0.2) is 0 Å². The average Bonchev–Trinajstić information content (AvgIpc) is 2.38. The van der Waals surface area contributed by atoms with E-state index in [4.69, 9.17) is 5.11 Å². The Kier molecular flexibility index (Phi) is 6.32. The van der Waals surface area contributed by atoms with Crippen LogP contribution in [0, 0.1) is 11.8 Å². The summed E-state index contributed by atoms with van der Waals surface area (Å²) in [6.45, 7) is 6.45. The van der Waals surface area contributed by atoms with Crippen molar-refractivity contribution in [2.24, 2.45) is 11.8 Å². The molecule has 1 amide bonds. The van der Waals surface area contributed by atoms with Crippen LogP contribution in [-0.2, 0) is 9.59 Å². The van der Waals surface area contributed by atoms with Crippen LogP contribution in [0.15, 0.2) is 0 Å². The van der Waals surface area contributed by atoms with Gasteiger partial charge >= 0.3 is 5.97 Å². The second-order valence-corrected chi connectivity index (χ2v) is 5.90. The Morgan fingerprint density at radius 3 is 2.21 bits per heavy atom. The normalized spacial score (nSPS) is 23.4. The molecule has 4 nitrogen and oxygen atoms in total. The van der Waals surface area contributed by atoms with Crippen LogP contribution in [0.2, 0.25) is 0 Å². The standard InChI is InChI=1S/C15H27NO3/c1-4-12-5-7-13(8-6-12)15(19)16(11(2)3)10-9-14(17)18/h11-13H,4-10H2,1-3H3,(H,17,18). The highest BCUT2D eigenvalue weighted by Crippen LogP contribution is 2.32. The number of rotatable bonds is 6. The van der Waals surface area contributed by atoms with Crippen LogP contribution in [0.4, 0.5) is 0 Å². The molecule has 0 saturated heterocycles. The molecule has 0 bridgehead atoms. The largest absolute Gasteiger partial charge is 0.481 e. The Morgan fingerprint density at radius 2 is 1.79 bits per heavy atom. The van der Waals surface area contributed by atoms with Crippen molar-refractivity contribution in [1.29, 1.82) is 0 Å². The fourth-order valence-corrected chi connectivity index (χ4v) is 2.89. The number of hydrogen-bond acceptors (Lipinski definition) is 2. The summed E-state index contributed by atoms with van der Waals surface area (Å²) >= 11 is 0. The third-order valence-electron chi connectivity index (χ3n) is 4.25. The van der Waals surface area contributed by atoms with Crippen LogP contribution in [0.1, 0.15) is 59.3 Å². The van der Waals surface area contributed by atoms with Gasteiger partial charge in [0.2, 0.25) is 5.91 Å². The maximum absolute atomic E-state index is 12.5. The summed E-state index contributed by atoms with van der Waals surface area (Å²) in [5.41, 5.74) is 0. The molecule has 4 heteroatoms. The van der Waals surface area contributed by atoms with Crippen LogP contribution in [0.3, 0.4) is 0 Å². The van der Waals surface area contributed by atoms with E-state index in [0.717, 1.165) is 31.6 Å². The number of aliphatic carboxylic acids is 1. The molecule has 1 rings (SSSR count). The first-order chi connectivity index (χ1) is 8.95. The zero-order valence-electron chi connectivity index (χ0n) is 12.4. The molecule has 19 heavy (non-hydrogen) atoms. The minimum absolute atomic E-state index is 0.0359. The van der Waals surface area contributed by atoms with Crippen molar-refractivity contribution >= 4 is 11.9 Å². The third-order valence-corrected chi connectivity index (χ3v) is 4.25. The van der Waals surface area contributed by atoms with Gasteiger partial charge in [-0.05, 0) is 45.4 Å². The van der Waals surface area contributed by atoms with E-state index in [1.807, 2.05) is 13.8 Å². The van der Waals surface area contributed by atoms with Gasteiger partial charge in [-0.3, -0.25) is 9.59 Å².